The predicted molar refractivity (Wildman–Crippen MR) is 251 cm³/mol. The Labute approximate surface area is 342 Å². The predicted octanol–water partition coefficient (Wildman–Crippen LogP) is 15.8. The number of hydrogen-bond acceptors (Lipinski definition) is 0. The van der Waals surface area contributed by atoms with E-state index >= 15 is 0 Å². The zero-order valence-electron chi connectivity index (χ0n) is 33.8. The van der Waals surface area contributed by atoms with Crippen LogP contribution >= 0.6 is 0 Å². The van der Waals surface area contributed by atoms with E-state index in [9.17, 15) is 0 Å². The second-order valence-corrected chi connectivity index (χ2v) is 15.1. The van der Waals surface area contributed by atoms with E-state index in [2.05, 4.69) is 205 Å². The number of fused-ring (bicyclic) bond motifs is 9. The largest absolute Gasteiger partial charge is 0.309 e. The fourth-order valence-electron chi connectivity index (χ4n) is 8.54. The molecule has 2 heterocycles. The van der Waals surface area contributed by atoms with Crippen LogP contribution in [0.2, 0.25) is 0 Å². The molecule has 0 radical (unpaired) electrons. The minimum absolute atomic E-state index is 0.971. The highest BCUT2D eigenvalue weighted by Gasteiger charge is 2.21. The van der Waals surface area contributed by atoms with Gasteiger partial charge in [0, 0.05) is 32.9 Å². The van der Waals surface area contributed by atoms with Gasteiger partial charge in [-0.25, -0.2) is 0 Å². The van der Waals surface area contributed by atoms with Crippen LogP contribution < -0.4 is 0 Å². The normalized spacial score (nSPS) is 11.7. The fraction of sp³-hybridized carbons (Fsp3) is 0.107. The number of aromatic nitrogens is 2. The quantitative estimate of drug-likeness (QED) is 0.159. The van der Waals surface area contributed by atoms with Gasteiger partial charge in [-0.2, -0.15) is 0 Å². The number of para-hydroxylation sites is 4. The van der Waals surface area contributed by atoms with E-state index in [0.717, 1.165) is 6.42 Å². The van der Waals surface area contributed by atoms with Crippen LogP contribution in [0.4, 0.5) is 0 Å². The van der Waals surface area contributed by atoms with E-state index in [1.165, 1.54) is 106 Å². The third-order valence-corrected chi connectivity index (χ3v) is 11.3. The Morgan fingerprint density at radius 3 is 1.14 bits per heavy atom. The van der Waals surface area contributed by atoms with Crippen molar-refractivity contribution < 1.29 is 0 Å². The Kier molecular flexibility index (Phi) is 10.1. The standard InChI is InChI=1S/C49H32N2.C4H8.C3H8/c1-3-11-38(12-4-1)50-46-17-9-7-15-40(46)44-30-34(23-25-48(44)50)32-19-21-36-27-37-22-20-33(29-43(37)42(36)28-32)35-24-26-49-45(31-35)41-16-8-10-18-47(41)51(49)39-13-5-2-6-14-39;1-3-4-2;1-3-2/h1-26,28-31H,27H2;3-4H,1-2H3;3H2,1-2H3/b;4-3-;. The van der Waals surface area contributed by atoms with Crippen molar-refractivity contribution in [1.29, 1.82) is 0 Å². The van der Waals surface area contributed by atoms with E-state index in [4.69, 9.17) is 0 Å². The van der Waals surface area contributed by atoms with Crippen LogP contribution in [0.25, 0.3) is 88.4 Å². The first kappa shape index (κ1) is 36.7. The molecule has 282 valence electrons. The second-order valence-electron chi connectivity index (χ2n) is 15.1. The van der Waals surface area contributed by atoms with E-state index in [0.29, 0.717) is 0 Å². The molecular formula is C56H48N2. The first-order chi connectivity index (χ1) is 28.6. The van der Waals surface area contributed by atoms with Crippen LogP contribution in [-0.2, 0) is 6.42 Å². The van der Waals surface area contributed by atoms with Gasteiger partial charge in [0.1, 0.15) is 0 Å². The van der Waals surface area contributed by atoms with Gasteiger partial charge in [-0.15, -0.1) is 0 Å². The molecule has 0 amide bonds. The molecule has 0 fully saturated rings. The molecule has 0 aliphatic heterocycles. The molecule has 0 N–H and O–H groups in total. The van der Waals surface area contributed by atoms with Gasteiger partial charge in [-0.05, 0) is 138 Å². The van der Waals surface area contributed by atoms with Gasteiger partial charge in [-0.3, -0.25) is 0 Å². The molecule has 2 aromatic heterocycles. The highest BCUT2D eigenvalue weighted by Crippen LogP contribution is 2.43. The van der Waals surface area contributed by atoms with Crippen molar-refractivity contribution in [3.63, 3.8) is 0 Å². The van der Waals surface area contributed by atoms with Gasteiger partial charge < -0.3 is 9.13 Å². The van der Waals surface area contributed by atoms with Gasteiger partial charge in [0.2, 0.25) is 0 Å². The third kappa shape index (κ3) is 6.51. The van der Waals surface area contributed by atoms with Crippen molar-refractivity contribution in [3.8, 4) is 44.8 Å². The molecule has 58 heavy (non-hydrogen) atoms. The number of rotatable bonds is 4. The first-order valence-electron chi connectivity index (χ1n) is 20.6. The number of nitrogens with zero attached hydrogens (tertiary/aromatic N) is 2. The van der Waals surface area contributed by atoms with Crippen LogP contribution in [0.15, 0.2) is 194 Å². The summed E-state index contributed by atoms with van der Waals surface area (Å²) in [5.74, 6) is 0. The molecule has 0 bridgehead atoms. The zero-order valence-corrected chi connectivity index (χ0v) is 33.8. The Morgan fingerprint density at radius 1 is 0.379 bits per heavy atom. The van der Waals surface area contributed by atoms with Gasteiger partial charge in [-0.1, -0.05) is 142 Å². The van der Waals surface area contributed by atoms with Crippen molar-refractivity contribution in [2.45, 2.75) is 40.5 Å². The molecule has 0 saturated carbocycles. The van der Waals surface area contributed by atoms with Crippen LogP contribution in [0.3, 0.4) is 0 Å². The summed E-state index contributed by atoms with van der Waals surface area (Å²) < 4.78 is 4.76. The number of benzene rings is 8. The topological polar surface area (TPSA) is 9.86 Å². The molecule has 11 rings (SSSR count). The summed E-state index contributed by atoms with van der Waals surface area (Å²) in [5.41, 5.74) is 17.8. The third-order valence-electron chi connectivity index (χ3n) is 11.3. The van der Waals surface area contributed by atoms with Crippen molar-refractivity contribution in [1.82, 2.24) is 9.13 Å². The summed E-state index contributed by atoms with van der Waals surface area (Å²) in [5, 5.41) is 5.11. The van der Waals surface area contributed by atoms with Crippen LogP contribution in [0.1, 0.15) is 45.2 Å². The van der Waals surface area contributed by atoms with Crippen molar-refractivity contribution in [2.24, 2.45) is 0 Å². The maximum atomic E-state index is 2.42. The Hall–Kier alpha value is -6.90. The van der Waals surface area contributed by atoms with Crippen molar-refractivity contribution in [3.05, 3.63) is 205 Å². The summed E-state index contributed by atoms with van der Waals surface area (Å²) in [7, 11) is 0. The smallest absolute Gasteiger partial charge is 0.0541 e. The molecule has 10 aromatic rings. The lowest BCUT2D eigenvalue weighted by molar-refractivity contribution is 1.09. The zero-order chi connectivity index (χ0) is 39.6. The molecular weight excluding hydrogens is 701 g/mol. The number of allylic oxidation sites excluding steroid dienone is 2. The van der Waals surface area contributed by atoms with Crippen LogP contribution in [-0.4, -0.2) is 9.13 Å². The van der Waals surface area contributed by atoms with Crippen LogP contribution in [0, 0.1) is 0 Å². The Bertz CT molecular complexity index is 2880. The second kappa shape index (κ2) is 15.9. The highest BCUT2D eigenvalue weighted by atomic mass is 15.0. The summed E-state index contributed by atoms with van der Waals surface area (Å²) in [6.07, 6.45) is 6.22. The lowest BCUT2D eigenvalue weighted by Crippen LogP contribution is -1.92. The molecule has 0 atom stereocenters. The van der Waals surface area contributed by atoms with Gasteiger partial charge in [0.15, 0.2) is 0 Å². The summed E-state index contributed by atoms with van der Waals surface area (Å²) in [4.78, 5) is 0. The van der Waals surface area contributed by atoms with Crippen molar-refractivity contribution in [2.75, 3.05) is 0 Å². The van der Waals surface area contributed by atoms with Crippen molar-refractivity contribution >= 4 is 43.6 Å². The average molecular weight is 749 g/mol. The fourth-order valence-corrected chi connectivity index (χ4v) is 8.54. The molecule has 8 aromatic carbocycles. The molecule has 0 saturated heterocycles. The maximum absolute atomic E-state index is 2.42. The lowest BCUT2D eigenvalue weighted by atomic mass is 9.95. The SMILES string of the molecule is C/C=C\C.CCC.c1ccc(-n2c3ccccc3c3cc(-c4ccc5c(c4)-c4cc(-c6ccc7c(c6)c6ccccc6n7-c6ccccc6)ccc4C5)ccc32)cc1. The Balaban J connectivity index is 0.000000581. The molecule has 0 unspecified atom stereocenters. The molecule has 0 spiro atoms. The molecule has 2 nitrogen and oxygen atoms in total. The highest BCUT2D eigenvalue weighted by molar-refractivity contribution is 6.11. The van der Waals surface area contributed by atoms with Gasteiger partial charge in [0.05, 0.1) is 22.1 Å². The monoisotopic (exact) mass is 748 g/mol. The van der Waals surface area contributed by atoms with E-state index < -0.39 is 0 Å². The number of hydrogen-bond donors (Lipinski definition) is 0. The summed E-state index contributed by atoms with van der Waals surface area (Å²) in [6.45, 7) is 8.25. The Morgan fingerprint density at radius 2 is 0.724 bits per heavy atom. The van der Waals surface area contributed by atoms with E-state index in [1.807, 2.05) is 26.0 Å². The van der Waals surface area contributed by atoms with Gasteiger partial charge in [0.25, 0.3) is 0 Å². The molecule has 2 heteroatoms. The summed E-state index contributed by atoms with van der Waals surface area (Å²) in [6, 6.07) is 66.9. The first-order valence-corrected chi connectivity index (χ1v) is 20.6. The maximum Gasteiger partial charge on any atom is 0.0541 e. The van der Waals surface area contributed by atoms with Crippen LogP contribution in [0.5, 0.6) is 0 Å². The van der Waals surface area contributed by atoms with E-state index in [1.54, 1.807) is 0 Å². The minimum Gasteiger partial charge on any atom is -0.309 e. The molecule has 1 aliphatic rings. The average Bonchev–Trinajstić information content (AvgIpc) is 3.94. The van der Waals surface area contributed by atoms with E-state index in [-0.39, 0.29) is 0 Å². The lowest BCUT2D eigenvalue weighted by Gasteiger charge is -2.10. The summed E-state index contributed by atoms with van der Waals surface area (Å²) >= 11 is 0. The molecule has 1 aliphatic carbocycles. The minimum atomic E-state index is 0.971. The van der Waals surface area contributed by atoms with Gasteiger partial charge >= 0.3 is 0 Å².